The molecule has 1 aromatic rings. The Kier molecular flexibility index (Phi) is 6.38. The minimum Gasteiger partial charge on any atom is -0.392 e. The van der Waals surface area contributed by atoms with E-state index in [0.29, 0.717) is 5.56 Å². The zero-order chi connectivity index (χ0) is 22.2. The van der Waals surface area contributed by atoms with Crippen LogP contribution in [0.1, 0.15) is 69.7 Å². The monoisotopic (exact) mass is 427 g/mol. The first kappa shape index (κ1) is 22.3. The van der Waals surface area contributed by atoms with Crippen molar-refractivity contribution in [2.75, 3.05) is 13.1 Å². The lowest BCUT2D eigenvalue weighted by atomic mass is 9.51. The average Bonchev–Trinajstić information content (AvgIpc) is 3.30. The summed E-state index contributed by atoms with van der Waals surface area (Å²) < 4.78 is 0. The molecule has 7 atom stereocenters. The quantitative estimate of drug-likeness (QED) is 0.773. The third-order valence-corrected chi connectivity index (χ3v) is 8.60. The molecule has 0 spiro atoms. The summed E-state index contributed by atoms with van der Waals surface area (Å²) in [5.41, 5.74) is 0.673. The predicted molar refractivity (Wildman–Crippen MR) is 119 cm³/mol. The zero-order valence-electron chi connectivity index (χ0n) is 19.1. The van der Waals surface area contributed by atoms with E-state index in [2.05, 4.69) is 24.1 Å². The van der Waals surface area contributed by atoms with E-state index in [4.69, 9.17) is 0 Å². The van der Waals surface area contributed by atoms with Gasteiger partial charge in [-0.05, 0) is 73.8 Å². The van der Waals surface area contributed by atoms with E-state index in [1.807, 2.05) is 11.8 Å². The van der Waals surface area contributed by atoms with E-state index >= 15 is 0 Å². The zero-order valence-corrected chi connectivity index (χ0v) is 19.1. The van der Waals surface area contributed by atoms with Crippen LogP contribution in [0.4, 0.5) is 0 Å². The summed E-state index contributed by atoms with van der Waals surface area (Å²) in [6.07, 6.45) is 8.75. The number of amides is 2. The van der Waals surface area contributed by atoms with Crippen LogP contribution in [-0.4, -0.2) is 52.0 Å². The molecule has 31 heavy (non-hydrogen) atoms. The molecule has 1 unspecified atom stereocenters. The Labute approximate surface area is 185 Å². The van der Waals surface area contributed by atoms with Gasteiger partial charge in [-0.2, -0.15) is 0 Å². The fourth-order valence-corrected chi connectivity index (χ4v) is 6.66. The molecule has 6 heteroatoms. The number of likely N-dealkylation sites (tertiary alicyclic amines) is 1. The fourth-order valence-electron chi connectivity index (χ4n) is 6.66. The molecular weight excluding hydrogens is 390 g/mol. The maximum Gasteiger partial charge on any atom is 0.251 e. The molecule has 0 aromatic carbocycles. The van der Waals surface area contributed by atoms with Crippen LogP contribution in [0.3, 0.4) is 0 Å². The smallest absolute Gasteiger partial charge is 0.251 e. The van der Waals surface area contributed by atoms with Crippen LogP contribution >= 0.6 is 0 Å². The minimum absolute atomic E-state index is 0.0109. The van der Waals surface area contributed by atoms with E-state index in [1.54, 1.807) is 24.5 Å². The predicted octanol–water partition coefficient (Wildman–Crippen LogP) is 3.26. The number of aromatic nitrogens is 1. The van der Waals surface area contributed by atoms with Gasteiger partial charge in [-0.1, -0.05) is 20.8 Å². The average molecular weight is 428 g/mol. The number of carbonyl (C=O) groups excluding carboxylic acids is 2. The number of aliphatic hydroxyl groups excluding tert-OH is 1. The second kappa shape index (κ2) is 8.89. The molecular formula is C25H37N3O3. The van der Waals surface area contributed by atoms with Crippen LogP contribution in [0.5, 0.6) is 0 Å². The van der Waals surface area contributed by atoms with Gasteiger partial charge in [-0.25, -0.2) is 0 Å². The summed E-state index contributed by atoms with van der Waals surface area (Å²) >= 11 is 0. The van der Waals surface area contributed by atoms with Crippen molar-refractivity contribution in [2.24, 2.45) is 29.1 Å². The Hall–Kier alpha value is -1.95. The van der Waals surface area contributed by atoms with Crippen molar-refractivity contribution in [2.45, 2.75) is 71.4 Å². The highest BCUT2D eigenvalue weighted by Crippen LogP contribution is 2.55. The first-order chi connectivity index (χ1) is 14.8. The maximum atomic E-state index is 13.0. The summed E-state index contributed by atoms with van der Waals surface area (Å²) in [5, 5.41) is 14.8. The van der Waals surface area contributed by atoms with Gasteiger partial charge in [0.05, 0.1) is 6.10 Å². The lowest BCUT2D eigenvalue weighted by Crippen LogP contribution is -2.58. The number of pyridine rings is 1. The van der Waals surface area contributed by atoms with Crippen LogP contribution in [-0.2, 0) is 4.79 Å². The first-order valence-electron chi connectivity index (χ1n) is 12.0. The highest BCUT2D eigenvalue weighted by Gasteiger charge is 2.54. The Morgan fingerprint density at radius 1 is 1.19 bits per heavy atom. The summed E-state index contributed by atoms with van der Waals surface area (Å²) in [7, 11) is 0. The molecule has 2 heterocycles. The Morgan fingerprint density at radius 3 is 2.52 bits per heavy atom. The summed E-state index contributed by atoms with van der Waals surface area (Å²) in [6.45, 7) is 8.17. The number of rotatable bonds is 4. The molecule has 0 radical (unpaired) electrons. The molecule has 2 amide bonds. The van der Waals surface area contributed by atoms with E-state index in [1.165, 1.54) is 0 Å². The molecule has 6 nitrogen and oxygen atoms in total. The Morgan fingerprint density at radius 2 is 1.84 bits per heavy atom. The van der Waals surface area contributed by atoms with Crippen molar-refractivity contribution in [3.8, 4) is 0 Å². The second-order valence-electron chi connectivity index (χ2n) is 10.4. The van der Waals surface area contributed by atoms with E-state index in [0.717, 1.165) is 51.6 Å². The summed E-state index contributed by atoms with van der Waals surface area (Å²) in [5.74, 6) is 0.186. The molecule has 1 aliphatic heterocycles. The Bertz CT molecular complexity index is 794. The lowest BCUT2D eigenvalue weighted by Gasteiger charge is -2.56. The molecule has 170 valence electrons. The van der Waals surface area contributed by atoms with Gasteiger partial charge >= 0.3 is 0 Å². The second-order valence-corrected chi connectivity index (χ2v) is 10.4. The standard InChI is InChI=1S/C25H37N3O3/c1-16(24(31)28-14-4-5-15-28)19-6-10-25(3)11-7-20(17(2)21(25)22(19)29)27-23(30)18-8-12-26-13-9-18/h8-9,12-13,16-17,19-22,29H,4-7,10-11,14-15H2,1-3H3,(H,27,30)/t16-,17+,19?,20-,21+,22-,25-/m0/s1. The normalized spacial score (nSPS) is 36.5. The van der Waals surface area contributed by atoms with Crippen LogP contribution in [0.15, 0.2) is 24.5 Å². The molecule has 1 aromatic heterocycles. The molecule has 2 aliphatic carbocycles. The number of nitrogens with zero attached hydrogens (tertiary/aromatic N) is 2. The number of nitrogens with one attached hydrogen (secondary N) is 1. The van der Waals surface area contributed by atoms with Crippen molar-refractivity contribution >= 4 is 11.8 Å². The number of aliphatic hydroxyl groups is 1. The summed E-state index contributed by atoms with van der Waals surface area (Å²) in [4.78, 5) is 31.7. The number of carbonyl (C=O) groups is 2. The van der Waals surface area contributed by atoms with E-state index < -0.39 is 6.10 Å². The van der Waals surface area contributed by atoms with Crippen LogP contribution in [0.2, 0.25) is 0 Å². The van der Waals surface area contributed by atoms with Crippen molar-refractivity contribution in [3.63, 3.8) is 0 Å². The van der Waals surface area contributed by atoms with Crippen molar-refractivity contribution in [1.82, 2.24) is 15.2 Å². The fraction of sp³-hybridized carbons (Fsp3) is 0.720. The molecule has 2 saturated carbocycles. The van der Waals surface area contributed by atoms with Gasteiger partial charge in [-0.15, -0.1) is 0 Å². The van der Waals surface area contributed by atoms with Crippen LogP contribution in [0.25, 0.3) is 0 Å². The largest absolute Gasteiger partial charge is 0.392 e. The SMILES string of the molecule is C[C@H]1[C@@H]2[C@@H](O)C([C@H](C)C(=O)N3CCCC3)CC[C@@]2(C)CC[C@@H]1NC(=O)c1ccncc1. The number of hydrogen-bond acceptors (Lipinski definition) is 4. The van der Waals surface area contributed by atoms with Crippen molar-refractivity contribution < 1.29 is 14.7 Å². The third-order valence-electron chi connectivity index (χ3n) is 8.60. The van der Waals surface area contributed by atoms with Crippen molar-refractivity contribution in [3.05, 3.63) is 30.1 Å². The maximum absolute atomic E-state index is 13.0. The minimum atomic E-state index is -0.518. The Balaban J connectivity index is 1.48. The van der Waals surface area contributed by atoms with E-state index in [9.17, 15) is 14.7 Å². The molecule has 2 N–H and O–H groups in total. The van der Waals surface area contributed by atoms with Crippen molar-refractivity contribution in [1.29, 1.82) is 0 Å². The molecule has 1 saturated heterocycles. The summed E-state index contributed by atoms with van der Waals surface area (Å²) in [6, 6.07) is 3.48. The van der Waals surface area contributed by atoms with Crippen LogP contribution < -0.4 is 5.32 Å². The highest BCUT2D eigenvalue weighted by molar-refractivity contribution is 5.94. The van der Waals surface area contributed by atoms with Gasteiger partial charge < -0.3 is 15.3 Å². The third kappa shape index (κ3) is 4.23. The van der Waals surface area contributed by atoms with E-state index in [-0.39, 0.29) is 46.9 Å². The van der Waals surface area contributed by atoms with Gasteiger partial charge in [0.25, 0.3) is 5.91 Å². The van der Waals surface area contributed by atoms with Crippen LogP contribution in [0, 0.1) is 29.1 Å². The van der Waals surface area contributed by atoms with Gasteiger partial charge in [0, 0.05) is 43.0 Å². The van der Waals surface area contributed by atoms with Gasteiger partial charge in [0.1, 0.15) is 0 Å². The first-order valence-corrected chi connectivity index (χ1v) is 12.0. The van der Waals surface area contributed by atoms with Gasteiger partial charge in [0.15, 0.2) is 0 Å². The molecule has 0 bridgehead atoms. The number of fused-ring (bicyclic) bond motifs is 1. The number of hydrogen-bond donors (Lipinski definition) is 2. The topological polar surface area (TPSA) is 82.5 Å². The lowest BCUT2D eigenvalue weighted by molar-refractivity contribution is -0.149. The molecule has 4 rings (SSSR count). The van der Waals surface area contributed by atoms with Gasteiger partial charge in [0.2, 0.25) is 5.91 Å². The van der Waals surface area contributed by atoms with Gasteiger partial charge in [-0.3, -0.25) is 14.6 Å². The highest BCUT2D eigenvalue weighted by atomic mass is 16.3. The molecule has 3 aliphatic rings. The molecule has 3 fully saturated rings.